The molecule has 0 aliphatic rings. The third kappa shape index (κ3) is 2.84. The zero-order chi connectivity index (χ0) is 14.1. The molecule has 0 atom stereocenters. The molecule has 0 spiro atoms. The van der Waals surface area contributed by atoms with Gasteiger partial charge >= 0.3 is 12.1 Å². The number of aliphatic carboxylic acids is 1. The number of nitrogens with zero attached hydrogens (tertiary/aromatic N) is 1. The Labute approximate surface area is 97.2 Å². The Bertz CT molecular complexity index is 473. The molecule has 18 heavy (non-hydrogen) atoms. The number of carboxylic acid groups (broad SMARTS) is 1. The number of halogens is 5. The van der Waals surface area contributed by atoms with Crippen molar-refractivity contribution in [1.82, 2.24) is 4.98 Å². The van der Waals surface area contributed by atoms with E-state index in [9.17, 15) is 26.7 Å². The third-order valence-corrected chi connectivity index (χ3v) is 2.07. The largest absolute Gasteiger partial charge is 0.481 e. The summed E-state index contributed by atoms with van der Waals surface area (Å²) in [6.45, 7) is 0. The minimum atomic E-state index is -5.13. The molecule has 0 aromatic carbocycles. The van der Waals surface area contributed by atoms with Crippen LogP contribution in [0.1, 0.15) is 23.1 Å². The van der Waals surface area contributed by atoms with E-state index in [1.54, 1.807) is 0 Å². The van der Waals surface area contributed by atoms with E-state index in [2.05, 4.69) is 4.98 Å². The molecule has 3 N–H and O–H groups in total. The Kier molecular flexibility index (Phi) is 3.73. The van der Waals surface area contributed by atoms with Crippen molar-refractivity contribution < 1.29 is 31.9 Å². The van der Waals surface area contributed by atoms with E-state index in [0.717, 1.165) is 0 Å². The standard InChI is InChI=1S/C9H7F5N2O2/c10-7(11)5-3(1-4(17)18)2-16-8(15)6(5)9(12,13)14/h2,7H,1H2,(H2,15,16)(H,17,18). The Balaban J connectivity index is 3.53. The van der Waals surface area contributed by atoms with Gasteiger partial charge in [0, 0.05) is 11.8 Å². The zero-order valence-electron chi connectivity index (χ0n) is 8.63. The maximum atomic E-state index is 12.7. The molecular formula is C9H7F5N2O2. The molecule has 0 radical (unpaired) electrons. The number of carboxylic acids is 1. The number of aromatic nitrogens is 1. The van der Waals surface area contributed by atoms with Gasteiger partial charge in [0.05, 0.1) is 6.42 Å². The molecule has 1 aromatic heterocycles. The maximum absolute atomic E-state index is 12.7. The van der Waals surface area contributed by atoms with E-state index in [1.165, 1.54) is 0 Å². The van der Waals surface area contributed by atoms with Gasteiger partial charge in [-0.05, 0) is 5.56 Å². The van der Waals surface area contributed by atoms with Gasteiger partial charge in [-0.1, -0.05) is 0 Å². The number of nitrogen functional groups attached to an aromatic ring is 1. The van der Waals surface area contributed by atoms with Gasteiger partial charge < -0.3 is 10.8 Å². The Hall–Kier alpha value is -1.93. The average Bonchev–Trinajstić information content (AvgIpc) is 2.17. The SMILES string of the molecule is Nc1ncc(CC(=O)O)c(C(F)F)c1C(F)(F)F. The van der Waals surface area contributed by atoms with Crippen LogP contribution in [0.5, 0.6) is 0 Å². The van der Waals surface area contributed by atoms with Crippen molar-refractivity contribution in [2.24, 2.45) is 0 Å². The minimum Gasteiger partial charge on any atom is -0.481 e. The van der Waals surface area contributed by atoms with Gasteiger partial charge in [0.15, 0.2) is 0 Å². The highest BCUT2D eigenvalue weighted by Crippen LogP contribution is 2.40. The molecular weight excluding hydrogens is 263 g/mol. The monoisotopic (exact) mass is 270 g/mol. The molecule has 0 saturated heterocycles. The highest BCUT2D eigenvalue weighted by molar-refractivity contribution is 5.71. The highest BCUT2D eigenvalue weighted by atomic mass is 19.4. The average molecular weight is 270 g/mol. The first-order chi connectivity index (χ1) is 8.14. The van der Waals surface area contributed by atoms with Gasteiger partial charge in [-0.2, -0.15) is 13.2 Å². The van der Waals surface area contributed by atoms with E-state index < -0.39 is 47.5 Å². The predicted molar refractivity (Wildman–Crippen MR) is 49.9 cm³/mol. The lowest BCUT2D eigenvalue weighted by Crippen LogP contribution is -2.17. The van der Waals surface area contributed by atoms with Crippen molar-refractivity contribution in [3.8, 4) is 0 Å². The first kappa shape index (κ1) is 14.1. The van der Waals surface area contributed by atoms with Gasteiger partial charge in [0.25, 0.3) is 6.43 Å². The van der Waals surface area contributed by atoms with Crippen LogP contribution in [0.3, 0.4) is 0 Å². The summed E-state index contributed by atoms with van der Waals surface area (Å²) in [6, 6.07) is 0. The summed E-state index contributed by atoms with van der Waals surface area (Å²) >= 11 is 0. The van der Waals surface area contributed by atoms with Crippen LogP contribution in [-0.2, 0) is 17.4 Å². The molecule has 4 nitrogen and oxygen atoms in total. The molecule has 0 amide bonds. The van der Waals surface area contributed by atoms with Crippen molar-refractivity contribution in [3.05, 3.63) is 22.9 Å². The smallest absolute Gasteiger partial charge is 0.420 e. The fraction of sp³-hybridized carbons (Fsp3) is 0.333. The molecule has 100 valence electrons. The van der Waals surface area contributed by atoms with Crippen molar-refractivity contribution >= 4 is 11.8 Å². The second kappa shape index (κ2) is 4.75. The molecule has 0 unspecified atom stereocenters. The summed E-state index contributed by atoms with van der Waals surface area (Å²) in [7, 11) is 0. The lowest BCUT2D eigenvalue weighted by Gasteiger charge is -2.16. The highest BCUT2D eigenvalue weighted by Gasteiger charge is 2.40. The van der Waals surface area contributed by atoms with Crippen LogP contribution in [0, 0.1) is 0 Å². The Morgan fingerprint density at radius 3 is 2.39 bits per heavy atom. The molecule has 0 saturated carbocycles. The van der Waals surface area contributed by atoms with E-state index in [4.69, 9.17) is 10.8 Å². The van der Waals surface area contributed by atoms with Gasteiger partial charge in [-0.3, -0.25) is 4.79 Å². The summed E-state index contributed by atoms with van der Waals surface area (Å²) in [5.41, 5.74) is 1.01. The van der Waals surface area contributed by atoms with E-state index in [0.29, 0.717) is 6.20 Å². The number of carbonyl (C=O) groups is 1. The van der Waals surface area contributed by atoms with Crippen LogP contribution < -0.4 is 5.73 Å². The summed E-state index contributed by atoms with van der Waals surface area (Å²) in [4.78, 5) is 13.5. The minimum absolute atomic E-state index is 0.611. The number of hydrogen-bond donors (Lipinski definition) is 2. The fourth-order valence-electron chi connectivity index (χ4n) is 1.43. The second-order valence-electron chi connectivity index (χ2n) is 3.33. The van der Waals surface area contributed by atoms with Crippen LogP contribution in [0.25, 0.3) is 0 Å². The summed E-state index contributed by atoms with van der Waals surface area (Å²) in [6.07, 6.45) is -9.01. The fourth-order valence-corrected chi connectivity index (χ4v) is 1.43. The number of anilines is 1. The number of hydrogen-bond acceptors (Lipinski definition) is 3. The van der Waals surface area contributed by atoms with Crippen LogP contribution >= 0.6 is 0 Å². The Morgan fingerprint density at radius 1 is 1.44 bits per heavy atom. The van der Waals surface area contributed by atoms with Gasteiger partial charge in [0.2, 0.25) is 0 Å². The molecule has 0 fully saturated rings. The predicted octanol–water partition coefficient (Wildman–Crippen LogP) is 2.25. The maximum Gasteiger partial charge on any atom is 0.420 e. The van der Waals surface area contributed by atoms with Crippen LogP contribution in [-0.4, -0.2) is 16.1 Å². The molecule has 9 heteroatoms. The molecule has 0 aliphatic carbocycles. The first-order valence-electron chi connectivity index (χ1n) is 4.49. The van der Waals surface area contributed by atoms with Crippen molar-refractivity contribution in [2.45, 2.75) is 19.0 Å². The second-order valence-corrected chi connectivity index (χ2v) is 3.33. The summed E-state index contributed by atoms with van der Waals surface area (Å²) in [5, 5.41) is 8.45. The normalized spacial score (nSPS) is 11.9. The van der Waals surface area contributed by atoms with E-state index in [1.807, 2.05) is 0 Å². The molecule has 1 rings (SSSR count). The molecule has 0 bridgehead atoms. The van der Waals surface area contributed by atoms with Gasteiger partial charge in [-0.15, -0.1) is 0 Å². The summed E-state index contributed by atoms with van der Waals surface area (Å²) < 4.78 is 63.1. The molecule has 1 aromatic rings. The van der Waals surface area contributed by atoms with Crippen molar-refractivity contribution in [3.63, 3.8) is 0 Å². The van der Waals surface area contributed by atoms with Crippen molar-refractivity contribution in [2.75, 3.05) is 5.73 Å². The van der Waals surface area contributed by atoms with Gasteiger partial charge in [0.1, 0.15) is 11.4 Å². The number of pyridine rings is 1. The van der Waals surface area contributed by atoms with Crippen LogP contribution in [0.15, 0.2) is 6.20 Å². The third-order valence-electron chi connectivity index (χ3n) is 2.07. The van der Waals surface area contributed by atoms with E-state index >= 15 is 0 Å². The van der Waals surface area contributed by atoms with E-state index in [-0.39, 0.29) is 0 Å². The molecule has 1 heterocycles. The van der Waals surface area contributed by atoms with Crippen molar-refractivity contribution in [1.29, 1.82) is 0 Å². The summed E-state index contributed by atoms with van der Waals surface area (Å²) in [5.74, 6) is -2.65. The van der Waals surface area contributed by atoms with Crippen LogP contribution in [0.4, 0.5) is 27.8 Å². The quantitative estimate of drug-likeness (QED) is 0.826. The number of rotatable bonds is 3. The topological polar surface area (TPSA) is 76.2 Å². The van der Waals surface area contributed by atoms with Crippen LogP contribution in [0.2, 0.25) is 0 Å². The lowest BCUT2D eigenvalue weighted by atomic mass is 10.0. The number of nitrogens with two attached hydrogens (primary N) is 1. The Morgan fingerprint density at radius 2 is 2.00 bits per heavy atom. The molecule has 0 aliphatic heterocycles. The van der Waals surface area contributed by atoms with Gasteiger partial charge in [-0.25, -0.2) is 13.8 Å². The first-order valence-corrected chi connectivity index (χ1v) is 4.49. The lowest BCUT2D eigenvalue weighted by molar-refractivity contribution is -0.140. The number of alkyl halides is 5. The zero-order valence-corrected chi connectivity index (χ0v) is 8.63.